The molecule has 156 valence electrons. The van der Waals surface area contributed by atoms with Crippen LogP contribution in [0.15, 0.2) is 78.9 Å². The summed E-state index contributed by atoms with van der Waals surface area (Å²) in [6.45, 7) is 2.67. The number of rotatable bonds is 3. The standard InChI is InChI=1S/C24H21ClN4O2/c1-2-27-20-11-7-6-10-19(20)26-21-22(27)29(23(30)16-8-4-3-5-9-16)24(31)28(21)18-14-12-17(25)13-15-18/h3-15,21-22,26H,2H2,1H3. The van der Waals surface area contributed by atoms with Crippen LogP contribution in [0.1, 0.15) is 17.3 Å². The first kappa shape index (κ1) is 19.5. The summed E-state index contributed by atoms with van der Waals surface area (Å²) in [5.41, 5.74) is 3.03. The number of carbonyl (C=O) groups excluding carboxylic acids is 2. The zero-order valence-electron chi connectivity index (χ0n) is 16.9. The van der Waals surface area contributed by atoms with Gasteiger partial charge in [-0.15, -0.1) is 0 Å². The number of hydrogen-bond acceptors (Lipinski definition) is 4. The van der Waals surface area contributed by atoms with Crippen molar-refractivity contribution in [3.05, 3.63) is 89.4 Å². The summed E-state index contributed by atoms with van der Waals surface area (Å²) in [6, 6.07) is 23.5. The van der Waals surface area contributed by atoms with Crippen LogP contribution in [0.4, 0.5) is 21.9 Å². The van der Waals surface area contributed by atoms with Crippen LogP contribution in [-0.4, -0.2) is 35.7 Å². The minimum atomic E-state index is -0.504. The topological polar surface area (TPSA) is 55.9 Å². The zero-order valence-corrected chi connectivity index (χ0v) is 17.7. The Hall–Kier alpha value is -3.51. The van der Waals surface area contributed by atoms with E-state index >= 15 is 0 Å². The molecular weight excluding hydrogens is 412 g/mol. The summed E-state index contributed by atoms with van der Waals surface area (Å²) in [4.78, 5) is 32.3. The summed E-state index contributed by atoms with van der Waals surface area (Å²) in [7, 11) is 0. The van der Waals surface area contributed by atoms with Crippen molar-refractivity contribution in [3.8, 4) is 0 Å². The van der Waals surface area contributed by atoms with Crippen molar-refractivity contribution in [3.63, 3.8) is 0 Å². The largest absolute Gasteiger partial charge is 0.360 e. The number of imide groups is 1. The molecule has 31 heavy (non-hydrogen) atoms. The van der Waals surface area contributed by atoms with Crippen molar-refractivity contribution >= 4 is 40.6 Å². The van der Waals surface area contributed by atoms with Gasteiger partial charge in [-0.05, 0) is 55.5 Å². The number of likely N-dealkylation sites (N-methyl/N-ethyl adjacent to an activating group) is 1. The van der Waals surface area contributed by atoms with Gasteiger partial charge in [0.25, 0.3) is 5.91 Å². The lowest BCUT2D eigenvalue weighted by Gasteiger charge is -2.43. The second-order valence-electron chi connectivity index (χ2n) is 7.48. The highest BCUT2D eigenvalue weighted by molar-refractivity contribution is 6.30. The number of fused-ring (bicyclic) bond motifs is 2. The van der Waals surface area contributed by atoms with Crippen LogP contribution in [0.3, 0.4) is 0 Å². The van der Waals surface area contributed by atoms with Gasteiger partial charge >= 0.3 is 6.03 Å². The summed E-state index contributed by atoms with van der Waals surface area (Å²) in [6.07, 6.45) is -0.952. The third-order valence-electron chi connectivity index (χ3n) is 5.76. The Kier molecular flexibility index (Phi) is 4.79. The van der Waals surface area contributed by atoms with Crippen molar-refractivity contribution in [2.75, 3.05) is 21.7 Å². The number of urea groups is 1. The van der Waals surface area contributed by atoms with Gasteiger partial charge in [-0.1, -0.05) is 41.9 Å². The first-order chi connectivity index (χ1) is 15.1. The molecule has 1 saturated heterocycles. The molecule has 1 fully saturated rings. The van der Waals surface area contributed by atoms with Crippen LogP contribution in [0.25, 0.3) is 0 Å². The average Bonchev–Trinajstić information content (AvgIpc) is 3.09. The Morgan fingerprint density at radius 3 is 2.35 bits per heavy atom. The van der Waals surface area contributed by atoms with E-state index < -0.39 is 12.3 Å². The summed E-state index contributed by atoms with van der Waals surface area (Å²) in [5.74, 6) is -0.323. The minimum absolute atomic E-state index is 0.323. The Morgan fingerprint density at radius 1 is 0.968 bits per heavy atom. The van der Waals surface area contributed by atoms with Gasteiger partial charge in [0.15, 0.2) is 6.17 Å². The van der Waals surface area contributed by atoms with Crippen LogP contribution in [0.2, 0.25) is 5.02 Å². The Bertz CT molecular complexity index is 1140. The summed E-state index contributed by atoms with van der Waals surface area (Å²) in [5, 5.41) is 4.07. The molecule has 3 aromatic carbocycles. The average molecular weight is 433 g/mol. The smallest absolute Gasteiger partial charge is 0.335 e. The molecule has 0 saturated carbocycles. The highest BCUT2D eigenvalue weighted by atomic mass is 35.5. The number of carbonyl (C=O) groups is 2. The number of halogens is 1. The van der Waals surface area contributed by atoms with Crippen molar-refractivity contribution < 1.29 is 9.59 Å². The molecule has 2 aliphatic heterocycles. The van der Waals surface area contributed by atoms with E-state index in [0.717, 1.165) is 11.4 Å². The Balaban J connectivity index is 1.65. The molecular formula is C24H21ClN4O2. The molecule has 3 aromatic rings. The molecule has 0 radical (unpaired) electrons. The number of hydrogen-bond donors (Lipinski definition) is 1. The normalized spacial score (nSPS) is 19.7. The van der Waals surface area contributed by atoms with E-state index in [0.29, 0.717) is 22.8 Å². The van der Waals surface area contributed by atoms with Gasteiger partial charge < -0.3 is 10.2 Å². The molecule has 0 bridgehead atoms. The number of para-hydroxylation sites is 2. The summed E-state index contributed by atoms with van der Waals surface area (Å²) >= 11 is 6.07. The molecule has 3 amide bonds. The van der Waals surface area contributed by atoms with Gasteiger partial charge in [-0.25, -0.2) is 9.69 Å². The molecule has 2 heterocycles. The molecule has 5 rings (SSSR count). The van der Waals surface area contributed by atoms with E-state index in [1.54, 1.807) is 53.4 Å². The van der Waals surface area contributed by atoms with Crippen LogP contribution in [-0.2, 0) is 0 Å². The van der Waals surface area contributed by atoms with Crippen molar-refractivity contribution in [1.82, 2.24) is 4.90 Å². The van der Waals surface area contributed by atoms with Crippen LogP contribution >= 0.6 is 11.6 Å². The Labute approximate surface area is 185 Å². The minimum Gasteiger partial charge on any atom is -0.360 e. The zero-order chi connectivity index (χ0) is 21.5. The lowest BCUT2D eigenvalue weighted by atomic mass is 10.1. The lowest BCUT2D eigenvalue weighted by Crippen LogP contribution is -2.58. The Morgan fingerprint density at radius 2 is 1.65 bits per heavy atom. The maximum atomic E-state index is 13.7. The van der Waals surface area contributed by atoms with E-state index in [1.165, 1.54) is 4.90 Å². The maximum Gasteiger partial charge on any atom is 0.335 e. The fourth-order valence-corrected chi connectivity index (χ4v) is 4.50. The molecule has 0 spiro atoms. The van der Waals surface area contributed by atoms with Crippen molar-refractivity contribution in [2.45, 2.75) is 19.3 Å². The van der Waals surface area contributed by atoms with Gasteiger partial charge in [0.1, 0.15) is 6.17 Å². The molecule has 1 N–H and O–H groups in total. The molecule has 2 atom stereocenters. The number of benzene rings is 3. The van der Waals surface area contributed by atoms with Crippen LogP contribution < -0.4 is 15.1 Å². The third-order valence-corrected chi connectivity index (χ3v) is 6.01. The van der Waals surface area contributed by atoms with E-state index in [1.807, 2.05) is 37.3 Å². The predicted molar refractivity (Wildman–Crippen MR) is 123 cm³/mol. The second kappa shape index (κ2) is 7.63. The van der Waals surface area contributed by atoms with Gasteiger partial charge in [0.2, 0.25) is 0 Å². The lowest BCUT2D eigenvalue weighted by molar-refractivity contribution is 0.0774. The van der Waals surface area contributed by atoms with E-state index in [4.69, 9.17) is 11.6 Å². The van der Waals surface area contributed by atoms with E-state index in [9.17, 15) is 9.59 Å². The monoisotopic (exact) mass is 432 g/mol. The van der Waals surface area contributed by atoms with Crippen molar-refractivity contribution in [1.29, 1.82) is 0 Å². The van der Waals surface area contributed by atoms with Gasteiger partial charge in [0.05, 0.1) is 11.4 Å². The molecule has 6 nitrogen and oxygen atoms in total. The SMILES string of the molecule is CCN1c2ccccc2NC2C1N(C(=O)c1ccccc1)C(=O)N2c1ccc(Cl)cc1. The van der Waals surface area contributed by atoms with E-state index in [-0.39, 0.29) is 11.9 Å². The fourth-order valence-electron chi connectivity index (χ4n) is 4.38. The number of nitrogens with one attached hydrogen (secondary N) is 1. The maximum absolute atomic E-state index is 13.7. The molecule has 2 aliphatic rings. The summed E-state index contributed by atoms with van der Waals surface area (Å²) < 4.78 is 0. The van der Waals surface area contributed by atoms with Gasteiger partial charge in [-0.3, -0.25) is 9.69 Å². The number of amides is 3. The quantitative estimate of drug-likeness (QED) is 0.631. The van der Waals surface area contributed by atoms with Gasteiger partial charge in [-0.2, -0.15) is 0 Å². The molecule has 0 aromatic heterocycles. The highest BCUT2D eigenvalue weighted by Crippen LogP contribution is 2.41. The molecule has 2 unspecified atom stereocenters. The number of anilines is 3. The first-order valence-electron chi connectivity index (χ1n) is 10.2. The number of nitrogens with zero attached hydrogens (tertiary/aromatic N) is 3. The molecule has 0 aliphatic carbocycles. The van der Waals surface area contributed by atoms with Crippen molar-refractivity contribution in [2.24, 2.45) is 0 Å². The molecule has 7 heteroatoms. The highest BCUT2D eigenvalue weighted by Gasteiger charge is 2.54. The van der Waals surface area contributed by atoms with E-state index in [2.05, 4.69) is 10.2 Å². The second-order valence-corrected chi connectivity index (χ2v) is 7.91. The van der Waals surface area contributed by atoms with Gasteiger partial charge in [0, 0.05) is 22.8 Å². The first-order valence-corrected chi connectivity index (χ1v) is 10.6. The van der Waals surface area contributed by atoms with Crippen LogP contribution in [0.5, 0.6) is 0 Å². The third kappa shape index (κ3) is 3.11. The van der Waals surface area contributed by atoms with Crippen LogP contribution in [0, 0.1) is 0 Å². The predicted octanol–water partition coefficient (Wildman–Crippen LogP) is 5.03. The fraction of sp³-hybridized carbons (Fsp3) is 0.167.